The summed E-state index contributed by atoms with van der Waals surface area (Å²) in [4.78, 5) is 20.4. The summed E-state index contributed by atoms with van der Waals surface area (Å²) < 4.78 is 1.97. The summed E-state index contributed by atoms with van der Waals surface area (Å²) in [7, 11) is 0. The van der Waals surface area contributed by atoms with Crippen molar-refractivity contribution in [3.05, 3.63) is 40.3 Å². The van der Waals surface area contributed by atoms with Crippen molar-refractivity contribution >= 4 is 11.0 Å². The third kappa shape index (κ3) is 3.53. The molecule has 3 fully saturated rings. The third-order valence-electron chi connectivity index (χ3n) is 7.64. The maximum absolute atomic E-state index is 13.1. The van der Waals surface area contributed by atoms with Crippen molar-refractivity contribution in [2.24, 2.45) is 0 Å². The van der Waals surface area contributed by atoms with Gasteiger partial charge in [-0.2, -0.15) is 0 Å². The second-order valence-electron chi connectivity index (χ2n) is 9.34. The molecule has 156 valence electrons. The van der Waals surface area contributed by atoms with Crippen LogP contribution in [0.4, 0.5) is 0 Å². The highest BCUT2D eigenvalue weighted by molar-refractivity contribution is 5.74. The van der Waals surface area contributed by atoms with E-state index >= 15 is 0 Å². The van der Waals surface area contributed by atoms with Gasteiger partial charge in [-0.15, -0.1) is 0 Å². The van der Waals surface area contributed by atoms with Crippen LogP contribution in [0.25, 0.3) is 11.0 Å². The van der Waals surface area contributed by atoms with Crippen molar-refractivity contribution in [1.82, 2.24) is 14.5 Å². The maximum atomic E-state index is 13.1. The number of benzene rings is 1. The van der Waals surface area contributed by atoms with E-state index in [0.717, 1.165) is 29.9 Å². The largest absolute Gasteiger partial charge is 0.390 e. The lowest BCUT2D eigenvalue weighted by atomic mass is 9.89. The van der Waals surface area contributed by atoms with Crippen LogP contribution in [0.3, 0.4) is 0 Å². The van der Waals surface area contributed by atoms with Crippen LogP contribution in [0.15, 0.2) is 29.1 Å². The van der Waals surface area contributed by atoms with Gasteiger partial charge in [-0.3, -0.25) is 9.69 Å². The van der Waals surface area contributed by atoms with E-state index in [4.69, 9.17) is 0 Å². The first-order valence-electron chi connectivity index (χ1n) is 11.6. The second kappa shape index (κ2) is 8.19. The van der Waals surface area contributed by atoms with Gasteiger partial charge < -0.3 is 9.67 Å². The van der Waals surface area contributed by atoms with E-state index in [-0.39, 0.29) is 23.9 Å². The normalized spacial score (nSPS) is 29.1. The van der Waals surface area contributed by atoms with Crippen molar-refractivity contribution < 1.29 is 5.11 Å². The van der Waals surface area contributed by atoms with Crippen LogP contribution < -0.4 is 5.56 Å². The van der Waals surface area contributed by atoms with Crippen molar-refractivity contribution in [3.63, 3.8) is 0 Å². The monoisotopic (exact) mass is 395 g/mol. The summed E-state index contributed by atoms with van der Waals surface area (Å²) >= 11 is 0. The van der Waals surface area contributed by atoms with Crippen LogP contribution >= 0.6 is 0 Å². The number of piperidine rings is 1. The lowest BCUT2D eigenvalue weighted by Crippen LogP contribution is -2.50. The van der Waals surface area contributed by atoms with Crippen LogP contribution in [-0.4, -0.2) is 37.7 Å². The number of hydrogen-bond donors (Lipinski definition) is 1. The lowest BCUT2D eigenvalue weighted by Gasteiger charge is -2.45. The molecule has 1 saturated carbocycles. The van der Waals surface area contributed by atoms with Gasteiger partial charge in [0.1, 0.15) is 5.69 Å². The van der Waals surface area contributed by atoms with Gasteiger partial charge in [-0.25, -0.2) is 4.98 Å². The number of para-hydroxylation sites is 2. The minimum Gasteiger partial charge on any atom is -0.390 e. The van der Waals surface area contributed by atoms with E-state index in [2.05, 4.69) is 9.88 Å². The molecule has 1 aliphatic carbocycles. The second-order valence-corrected chi connectivity index (χ2v) is 9.34. The number of nitrogens with zero attached hydrogens (tertiary/aromatic N) is 3. The highest BCUT2D eigenvalue weighted by atomic mass is 16.3. The van der Waals surface area contributed by atoms with Gasteiger partial charge in [-0.05, 0) is 50.7 Å². The predicted octanol–water partition coefficient (Wildman–Crippen LogP) is 4.17. The van der Waals surface area contributed by atoms with Crippen molar-refractivity contribution in [2.75, 3.05) is 0 Å². The maximum Gasteiger partial charge on any atom is 0.275 e. The molecule has 3 aliphatic rings. The fourth-order valence-electron chi connectivity index (χ4n) is 6.39. The quantitative estimate of drug-likeness (QED) is 0.847. The Hall–Kier alpha value is -1.72. The Morgan fingerprint density at radius 2 is 1.52 bits per heavy atom. The molecule has 2 saturated heterocycles. The van der Waals surface area contributed by atoms with Crippen molar-refractivity contribution in [2.45, 2.75) is 101 Å². The first-order valence-corrected chi connectivity index (χ1v) is 11.6. The number of rotatable bonds is 3. The van der Waals surface area contributed by atoms with Crippen LogP contribution in [0, 0.1) is 0 Å². The lowest BCUT2D eigenvalue weighted by molar-refractivity contribution is 0.0496. The summed E-state index contributed by atoms with van der Waals surface area (Å²) in [6.45, 7) is -0.294. The fraction of sp³-hybridized carbons (Fsp3) is 0.667. The molecule has 0 radical (unpaired) electrons. The van der Waals surface area contributed by atoms with E-state index in [1.165, 1.54) is 57.8 Å². The molecular weight excluding hydrogens is 362 g/mol. The average molecular weight is 396 g/mol. The summed E-state index contributed by atoms with van der Waals surface area (Å²) in [5.74, 6) is 0. The molecule has 2 bridgehead atoms. The topological polar surface area (TPSA) is 58.4 Å². The first-order chi connectivity index (χ1) is 14.3. The van der Waals surface area contributed by atoms with E-state index in [0.29, 0.717) is 12.1 Å². The highest BCUT2D eigenvalue weighted by Gasteiger charge is 2.44. The van der Waals surface area contributed by atoms with E-state index in [9.17, 15) is 9.90 Å². The fourth-order valence-corrected chi connectivity index (χ4v) is 6.39. The molecule has 0 amide bonds. The number of aliphatic hydroxyl groups is 1. The molecule has 5 nitrogen and oxygen atoms in total. The van der Waals surface area contributed by atoms with E-state index < -0.39 is 0 Å². The van der Waals surface area contributed by atoms with Crippen molar-refractivity contribution in [3.8, 4) is 0 Å². The van der Waals surface area contributed by atoms with Gasteiger partial charge in [0.25, 0.3) is 5.56 Å². The number of fused-ring (bicyclic) bond motifs is 3. The minimum absolute atomic E-state index is 0.102. The van der Waals surface area contributed by atoms with Gasteiger partial charge in [0.15, 0.2) is 0 Å². The number of aliphatic hydroxyl groups excluding tert-OH is 1. The molecule has 1 aromatic heterocycles. The van der Waals surface area contributed by atoms with Gasteiger partial charge in [0.05, 0.1) is 17.6 Å². The Morgan fingerprint density at radius 3 is 2.21 bits per heavy atom. The summed E-state index contributed by atoms with van der Waals surface area (Å²) in [6, 6.07) is 10.0. The zero-order valence-electron chi connectivity index (χ0n) is 17.3. The molecule has 1 aromatic carbocycles. The van der Waals surface area contributed by atoms with Crippen LogP contribution in [-0.2, 0) is 6.61 Å². The van der Waals surface area contributed by atoms with Crippen LogP contribution in [0.1, 0.15) is 82.4 Å². The zero-order valence-corrected chi connectivity index (χ0v) is 17.3. The molecule has 1 N–H and O–H groups in total. The molecule has 0 spiro atoms. The molecule has 5 rings (SSSR count). The molecule has 3 atom stereocenters. The van der Waals surface area contributed by atoms with E-state index in [1.807, 2.05) is 28.8 Å². The predicted molar refractivity (Wildman–Crippen MR) is 115 cm³/mol. The van der Waals surface area contributed by atoms with Gasteiger partial charge >= 0.3 is 0 Å². The summed E-state index contributed by atoms with van der Waals surface area (Å²) in [6.07, 6.45) is 14.3. The number of aromatic nitrogens is 2. The highest BCUT2D eigenvalue weighted by Crippen LogP contribution is 2.44. The van der Waals surface area contributed by atoms with Crippen LogP contribution in [0.5, 0.6) is 0 Å². The van der Waals surface area contributed by atoms with Crippen LogP contribution in [0.2, 0.25) is 0 Å². The van der Waals surface area contributed by atoms with Gasteiger partial charge in [0.2, 0.25) is 0 Å². The molecule has 3 heterocycles. The Morgan fingerprint density at radius 1 is 0.862 bits per heavy atom. The number of hydrogen-bond acceptors (Lipinski definition) is 4. The molecule has 2 aromatic rings. The Bertz CT molecular complexity index is 902. The average Bonchev–Trinajstić information content (AvgIpc) is 2.97. The molecule has 2 aliphatic heterocycles. The minimum atomic E-state index is -0.294. The molecule has 5 heteroatoms. The smallest absolute Gasteiger partial charge is 0.275 e. The Kier molecular flexibility index (Phi) is 5.44. The Labute approximate surface area is 172 Å². The van der Waals surface area contributed by atoms with Crippen molar-refractivity contribution in [1.29, 1.82) is 0 Å². The van der Waals surface area contributed by atoms with E-state index in [1.54, 1.807) is 0 Å². The summed E-state index contributed by atoms with van der Waals surface area (Å²) in [5, 5.41) is 9.69. The molecule has 29 heavy (non-hydrogen) atoms. The molecular formula is C24H33N3O2. The Balaban J connectivity index is 1.46. The zero-order chi connectivity index (χ0) is 19.8. The first kappa shape index (κ1) is 19.3. The molecule has 1 unspecified atom stereocenters. The third-order valence-corrected chi connectivity index (χ3v) is 7.64. The van der Waals surface area contributed by atoms with Gasteiger partial charge in [0, 0.05) is 24.2 Å². The SMILES string of the molecule is O=c1c(CO)nc2ccccc2n1C1C[C@H]2CC[C@@H](C1)N2C1CCCCCCC1. The standard InChI is InChI=1S/C24H33N3O2/c28-16-22-24(29)27(23-11-7-6-10-21(23)25-22)20-14-18-12-13-19(15-20)26(18)17-8-4-2-1-3-5-9-17/h6-7,10-11,17-20,28H,1-5,8-9,12-16H2/t18-,19+,20?. The van der Waals surface area contributed by atoms with Gasteiger partial charge in [-0.1, -0.05) is 44.2 Å². The summed E-state index contributed by atoms with van der Waals surface area (Å²) in [5.41, 5.74) is 1.90.